The maximum absolute atomic E-state index is 5.84. The SMILES string of the molecule is CCOc1cc(NCc2ccc(Br)cc2)ccc1N. The topological polar surface area (TPSA) is 47.3 Å². The summed E-state index contributed by atoms with van der Waals surface area (Å²) < 4.78 is 6.56. The number of nitrogen functional groups attached to an aromatic ring is 1. The third-order valence-corrected chi connectivity index (χ3v) is 3.25. The van der Waals surface area contributed by atoms with E-state index in [4.69, 9.17) is 10.5 Å². The Bertz CT molecular complexity index is 540. The van der Waals surface area contributed by atoms with Crippen LogP contribution in [0.15, 0.2) is 46.9 Å². The molecule has 0 saturated carbocycles. The molecule has 100 valence electrons. The highest BCUT2D eigenvalue weighted by atomic mass is 79.9. The molecule has 0 fully saturated rings. The van der Waals surface area contributed by atoms with Crippen molar-refractivity contribution in [3.8, 4) is 5.75 Å². The Morgan fingerprint density at radius 1 is 1.16 bits per heavy atom. The summed E-state index contributed by atoms with van der Waals surface area (Å²) in [6.07, 6.45) is 0. The molecular formula is C15H17BrN2O. The molecule has 0 spiro atoms. The van der Waals surface area contributed by atoms with Crippen LogP contribution >= 0.6 is 15.9 Å². The Hall–Kier alpha value is -1.68. The van der Waals surface area contributed by atoms with Crippen LogP contribution in [0.3, 0.4) is 0 Å². The minimum absolute atomic E-state index is 0.611. The molecule has 0 saturated heterocycles. The predicted octanol–water partition coefficient (Wildman–Crippen LogP) is 4.04. The van der Waals surface area contributed by atoms with Crippen molar-refractivity contribution in [2.24, 2.45) is 0 Å². The summed E-state index contributed by atoms with van der Waals surface area (Å²) in [6.45, 7) is 3.32. The lowest BCUT2D eigenvalue weighted by Gasteiger charge is -2.11. The lowest BCUT2D eigenvalue weighted by Crippen LogP contribution is -2.01. The van der Waals surface area contributed by atoms with E-state index in [1.54, 1.807) is 0 Å². The molecule has 0 aromatic heterocycles. The van der Waals surface area contributed by atoms with Crippen LogP contribution in [0.25, 0.3) is 0 Å². The van der Waals surface area contributed by atoms with Gasteiger partial charge in [-0.25, -0.2) is 0 Å². The number of anilines is 2. The van der Waals surface area contributed by atoms with Gasteiger partial charge in [0.2, 0.25) is 0 Å². The van der Waals surface area contributed by atoms with Crippen molar-refractivity contribution in [2.45, 2.75) is 13.5 Å². The first kappa shape index (κ1) is 13.7. The molecule has 0 bridgehead atoms. The number of nitrogens with one attached hydrogen (secondary N) is 1. The van der Waals surface area contributed by atoms with Gasteiger partial charge in [-0.1, -0.05) is 28.1 Å². The van der Waals surface area contributed by atoms with Gasteiger partial charge in [0.15, 0.2) is 0 Å². The van der Waals surface area contributed by atoms with E-state index in [2.05, 4.69) is 33.4 Å². The van der Waals surface area contributed by atoms with Gasteiger partial charge in [-0.3, -0.25) is 0 Å². The van der Waals surface area contributed by atoms with E-state index in [1.807, 2.05) is 37.3 Å². The van der Waals surface area contributed by atoms with Crippen LogP contribution in [-0.2, 0) is 6.54 Å². The monoisotopic (exact) mass is 320 g/mol. The Kier molecular flexibility index (Phi) is 4.68. The smallest absolute Gasteiger partial charge is 0.144 e. The molecule has 3 nitrogen and oxygen atoms in total. The second kappa shape index (κ2) is 6.48. The molecule has 19 heavy (non-hydrogen) atoms. The molecule has 2 rings (SSSR count). The van der Waals surface area contributed by atoms with Gasteiger partial charge in [-0.05, 0) is 36.8 Å². The second-order valence-electron chi connectivity index (χ2n) is 4.17. The molecule has 4 heteroatoms. The van der Waals surface area contributed by atoms with Gasteiger partial charge in [0.1, 0.15) is 5.75 Å². The summed E-state index contributed by atoms with van der Waals surface area (Å²) in [6, 6.07) is 14.0. The van der Waals surface area contributed by atoms with Gasteiger partial charge in [-0.15, -0.1) is 0 Å². The van der Waals surface area contributed by atoms with E-state index >= 15 is 0 Å². The van der Waals surface area contributed by atoms with E-state index in [-0.39, 0.29) is 0 Å². The van der Waals surface area contributed by atoms with Crippen LogP contribution in [0, 0.1) is 0 Å². The molecule has 0 unspecified atom stereocenters. The standard InChI is InChI=1S/C15H17BrN2O/c1-2-19-15-9-13(7-8-14(15)17)18-10-11-3-5-12(16)6-4-11/h3-9,18H,2,10,17H2,1H3. The number of benzene rings is 2. The van der Waals surface area contributed by atoms with Gasteiger partial charge < -0.3 is 15.8 Å². The largest absolute Gasteiger partial charge is 0.492 e. The van der Waals surface area contributed by atoms with Gasteiger partial charge in [0, 0.05) is 22.8 Å². The Morgan fingerprint density at radius 3 is 2.58 bits per heavy atom. The Labute approximate surface area is 121 Å². The average molecular weight is 321 g/mol. The number of nitrogens with two attached hydrogens (primary N) is 1. The Morgan fingerprint density at radius 2 is 1.89 bits per heavy atom. The minimum atomic E-state index is 0.611. The molecule has 0 amide bonds. The Balaban J connectivity index is 2.03. The maximum atomic E-state index is 5.84. The van der Waals surface area contributed by atoms with Crippen molar-refractivity contribution in [1.29, 1.82) is 0 Å². The van der Waals surface area contributed by atoms with Crippen LogP contribution in [-0.4, -0.2) is 6.61 Å². The summed E-state index contributed by atoms with van der Waals surface area (Å²) in [5.74, 6) is 0.725. The van der Waals surface area contributed by atoms with Crippen molar-refractivity contribution in [3.63, 3.8) is 0 Å². The van der Waals surface area contributed by atoms with Gasteiger partial charge >= 0.3 is 0 Å². The van der Waals surface area contributed by atoms with E-state index in [9.17, 15) is 0 Å². The first-order chi connectivity index (χ1) is 9.19. The zero-order valence-corrected chi connectivity index (χ0v) is 12.4. The molecule has 0 atom stereocenters. The van der Waals surface area contributed by atoms with Crippen LogP contribution in [0.5, 0.6) is 5.75 Å². The highest BCUT2D eigenvalue weighted by Crippen LogP contribution is 2.25. The van der Waals surface area contributed by atoms with E-state index < -0.39 is 0 Å². The van der Waals surface area contributed by atoms with Crippen LogP contribution in [0.4, 0.5) is 11.4 Å². The normalized spacial score (nSPS) is 10.2. The van der Waals surface area contributed by atoms with Crippen molar-refractivity contribution >= 4 is 27.3 Å². The van der Waals surface area contributed by atoms with Crippen LogP contribution in [0.1, 0.15) is 12.5 Å². The summed E-state index contributed by atoms with van der Waals surface area (Å²) in [5, 5.41) is 3.36. The minimum Gasteiger partial charge on any atom is -0.492 e. The molecule has 0 aliphatic rings. The highest BCUT2D eigenvalue weighted by Gasteiger charge is 2.01. The van der Waals surface area contributed by atoms with E-state index in [0.717, 1.165) is 22.5 Å². The molecule has 3 N–H and O–H groups in total. The summed E-state index contributed by atoms with van der Waals surface area (Å²) in [4.78, 5) is 0. The van der Waals surface area contributed by atoms with Crippen molar-refractivity contribution in [1.82, 2.24) is 0 Å². The fourth-order valence-electron chi connectivity index (χ4n) is 1.73. The molecule has 0 heterocycles. The summed E-state index contributed by atoms with van der Waals surface area (Å²) in [5.41, 5.74) is 8.73. The summed E-state index contributed by atoms with van der Waals surface area (Å²) >= 11 is 3.43. The summed E-state index contributed by atoms with van der Waals surface area (Å²) in [7, 11) is 0. The molecule has 0 radical (unpaired) electrons. The zero-order valence-electron chi connectivity index (χ0n) is 10.8. The van der Waals surface area contributed by atoms with Gasteiger partial charge in [0.05, 0.1) is 12.3 Å². The maximum Gasteiger partial charge on any atom is 0.144 e. The fraction of sp³-hybridized carbons (Fsp3) is 0.200. The molecular weight excluding hydrogens is 304 g/mol. The molecule has 2 aromatic rings. The van der Waals surface area contributed by atoms with Crippen molar-refractivity contribution in [2.75, 3.05) is 17.7 Å². The van der Waals surface area contributed by atoms with Crippen LogP contribution < -0.4 is 15.8 Å². The third kappa shape index (κ3) is 3.89. The molecule has 2 aromatic carbocycles. The van der Waals surface area contributed by atoms with E-state index in [1.165, 1.54) is 5.56 Å². The quantitative estimate of drug-likeness (QED) is 0.817. The highest BCUT2D eigenvalue weighted by molar-refractivity contribution is 9.10. The average Bonchev–Trinajstić information content (AvgIpc) is 2.42. The first-order valence-corrected chi connectivity index (χ1v) is 6.99. The lowest BCUT2D eigenvalue weighted by atomic mass is 10.2. The third-order valence-electron chi connectivity index (χ3n) is 2.72. The van der Waals surface area contributed by atoms with Crippen LogP contribution in [0.2, 0.25) is 0 Å². The van der Waals surface area contributed by atoms with E-state index in [0.29, 0.717) is 12.3 Å². The number of hydrogen-bond acceptors (Lipinski definition) is 3. The fourth-order valence-corrected chi connectivity index (χ4v) is 2.00. The lowest BCUT2D eigenvalue weighted by molar-refractivity contribution is 0.342. The number of rotatable bonds is 5. The zero-order chi connectivity index (χ0) is 13.7. The number of hydrogen-bond donors (Lipinski definition) is 2. The first-order valence-electron chi connectivity index (χ1n) is 6.19. The van der Waals surface area contributed by atoms with Gasteiger partial charge in [-0.2, -0.15) is 0 Å². The number of ether oxygens (including phenoxy) is 1. The predicted molar refractivity (Wildman–Crippen MR) is 83.5 cm³/mol. The molecule has 0 aliphatic carbocycles. The van der Waals surface area contributed by atoms with Gasteiger partial charge in [0.25, 0.3) is 0 Å². The second-order valence-corrected chi connectivity index (χ2v) is 5.08. The molecule has 0 aliphatic heterocycles. The van der Waals surface area contributed by atoms with Crippen molar-refractivity contribution in [3.05, 3.63) is 52.5 Å². The van der Waals surface area contributed by atoms with Crippen molar-refractivity contribution < 1.29 is 4.74 Å². The number of halogens is 1.